The molecule has 86 valence electrons. The molecule has 0 amide bonds. The Morgan fingerprint density at radius 1 is 1.06 bits per heavy atom. The molecule has 0 aliphatic rings. The van der Waals surface area contributed by atoms with Gasteiger partial charge in [-0.05, 0) is 23.3 Å². The third-order valence-electron chi connectivity index (χ3n) is 2.41. The Morgan fingerprint density at radius 2 is 1.76 bits per heavy atom. The molecule has 0 spiro atoms. The van der Waals surface area contributed by atoms with E-state index in [1.807, 2.05) is 24.3 Å². The molecule has 2 aromatic rings. The number of hydrogen-bond acceptors (Lipinski definition) is 2. The van der Waals surface area contributed by atoms with E-state index in [0.717, 1.165) is 16.7 Å². The predicted octanol–water partition coefficient (Wildman–Crippen LogP) is 3.47. The summed E-state index contributed by atoms with van der Waals surface area (Å²) < 4.78 is 12.9. The summed E-state index contributed by atoms with van der Waals surface area (Å²) in [7, 11) is 1.50. The highest BCUT2D eigenvalue weighted by atomic mass is 19.1. The smallest absolute Gasteiger partial charge is 0.123 e. The molecule has 0 saturated carbocycles. The molecule has 0 atom stereocenters. The van der Waals surface area contributed by atoms with Gasteiger partial charge in [0.05, 0.1) is 6.21 Å². The second-order valence-electron chi connectivity index (χ2n) is 3.51. The number of nitrogens with zero attached hydrogens (tertiary/aromatic N) is 1. The standard InChI is InChI=1S/C14H12FNO/c1-17-16-10-12-4-2-3-5-14(12)11-6-8-13(15)9-7-11/h2-10H,1H3/b16-10+. The first-order valence-corrected chi connectivity index (χ1v) is 5.23. The van der Waals surface area contributed by atoms with Crippen LogP contribution in [0.25, 0.3) is 11.1 Å². The van der Waals surface area contributed by atoms with Crippen LogP contribution in [0.15, 0.2) is 53.7 Å². The molecule has 0 radical (unpaired) electrons. The van der Waals surface area contributed by atoms with E-state index in [1.165, 1.54) is 19.2 Å². The highest BCUT2D eigenvalue weighted by Gasteiger charge is 2.02. The number of rotatable bonds is 3. The Balaban J connectivity index is 2.44. The zero-order valence-electron chi connectivity index (χ0n) is 9.43. The van der Waals surface area contributed by atoms with Crippen molar-refractivity contribution in [3.8, 4) is 11.1 Å². The van der Waals surface area contributed by atoms with Crippen molar-refractivity contribution in [1.82, 2.24) is 0 Å². The Labute approximate surface area is 99.3 Å². The maximum Gasteiger partial charge on any atom is 0.123 e. The average Bonchev–Trinajstić information content (AvgIpc) is 2.38. The quantitative estimate of drug-likeness (QED) is 0.583. The summed E-state index contributed by atoms with van der Waals surface area (Å²) in [6, 6.07) is 14.1. The van der Waals surface area contributed by atoms with Gasteiger partial charge in [-0.3, -0.25) is 0 Å². The summed E-state index contributed by atoms with van der Waals surface area (Å²) in [6.07, 6.45) is 1.64. The van der Waals surface area contributed by atoms with Crippen molar-refractivity contribution in [2.75, 3.05) is 7.11 Å². The molecule has 0 heterocycles. The summed E-state index contributed by atoms with van der Waals surface area (Å²) in [5.74, 6) is -0.239. The first-order chi connectivity index (χ1) is 8.31. The van der Waals surface area contributed by atoms with Crippen molar-refractivity contribution in [2.24, 2.45) is 5.16 Å². The number of benzene rings is 2. The molecular weight excluding hydrogens is 217 g/mol. The summed E-state index contributed by atoms with van der Waals surface area (Å²) in [4.78, 5) is 4.67. The van der Waals surface area contributed by atoms with Crippen LogP contribution in [-0.4, -0.2) is 13.3 Å². The van der Waals surface area contributed by atoms with Crippen molar-refractivity contribution in [3.05, 3.63) is 59.9 Å². The molecule has 2 nitrogen and oxygen atoms in total. The molecule has 17 heavy (non-hydrogen) atoms. The van der Waals surface area contributed by atoms with E-state index in [0.29, 0.717) is 0 Å². The van der Waals surface area contributed by atoms with Gasteiger partial charge in [0.15, 0.2) is 0 Å². The third kappa shape index (κ3) is 2.69. The van der Waals surface area contributed by atoms with E-state index >= 15 is 0 Å². The van der Waals surface area contributed by atoms with E-state index in [9.17, 15) is 4.39 Å². The average molecular weight is 229 g/mol. The van der Waals surface area contributed by atoms with Gasteiger partial charge >= 0.3 is 0 Å². The van der Waals surface area contributed by atoms with Gasteiger partial charge < -0.3 is 4.84 Å². The summed E-state index contributed by atoms with van der Waals surface area (Å²) in [5, 5.41) is 3.75. The first kappa shape index (κ1) is 11.3. The van der Waals surface area contributed by atoms with E-state index in [1.54, 1.807) is 18.3 Å². The lowest BCUT2D eigenvalue weighted by molar-refractivity contribution is 0.215. The van der Waals surface area contributed by atoms with E-state index in [4.69, 9.17) is 0 Å². The lowest BCUT2D eigenvalue weighted by atomic mass is 10.0. The van der Waals surface area contributed by atoms with Gasteiger partial charge in [0.1, 0.15) is 12.9 Å². The molecule has 2 rings (SSSR count). The number of halogens is 1. The van der Waals surface area contributed by atoms with Crippen LogP contribution in [0.5, 0.6) is 0 Å². The van der Waals surface area contributed by atoms with Crippen molar-refractivity contribution in [2.45, 2.75) is 0 Å². The van der Waals surface area contributed by atoms with Crippen molar-refractivity contribution in [3.63, 3.8) is 0 Å². The second kappa shape index (κ2) is 5.25. The Bertz CT molecular complexity index is 520. The molecule has 2 aromatic carbocycles. The molecule has 0 aliphatic carbocycles. The van der Waals surface area contributed by atoms with Gasteiger partial charge in [0, 0.05) is 5.56 Å². The minimum Gasteiger partial charge on any atom is -0.399 e. The van der Waals surface area contributed by atoms with Crippen LogP contribution < -0.4 is 0 Å². The molecule has 0 aliphatic heterocycles. The normalized spacial score (nSPS) is 10.7. The van der Waals surface area contributed by atoms with Crippen LogP contribution in [-0.2, 0) is 4.84 Å². The lowest BCUT2D eigenvalue weighted by Crippen LogP contribution is -1.88. The zero-order chi connectivity index (χ0) is 12.1. The fraction of sp³-hybridized carbons (Fsp3) is 0.0714. The van der Waals surface area contributed by atoms with Gasteiger partial charge in [-0.25, -0.2) is 4.39 Å². The summed E-state index contributed by atoms with van der Waals surface area (Å²) in [6.45, 7) is 0. The Hall–Kier alpha value is -2.16. The number of hydrogen-bond donors (Lipinski definition) is 0. The molecule has 0 aromatic heterocycles. The Morgan fingerprint density at radius 3 is 2.47 bits per heavy atom. The molecular formula is C14H12FNO. The SMILES string of the molecule is CO/N=C/c1ccccc1-c1ccc(F)cc1. The Kier molecular flexibility index (Phi) is 3.50. The summed E-state index contributed by atoms with van der Waals surface area (Å²) in [5.41, 5.74) is 2.87. The van der Waals surface area contributed by atoms with Gasteiger partial charge in [0.25, 0.3) is 0 Å². The molecule has 0 N–H and O–H groups in total. The highest BCUT2D eigenvalue weighted by Crippen LogP contribution is 2.22. The van der Waals surface area contributed by atoms with Gasteiger partial charge in [-0.2, -0.15) is 0 Å². The molecule has 3 heteroatoms. The van der Waals surface area contributed by atoms with Gasteiger partial charge in [-0.15, -0.1) is 0 Å². The minimum absolute atomic E-state index is 0.239. The monoisotopic (exact) mass is 229 g/mol. The maximum atomic E-state index is 12.9. The molecule has 0 fully saturated rings. The van der Waals surface area contributed by atoms with Crippen LogP contribution >= 0.6 is 0 Å². The maximum absolute atomic E-state index is 12.9. The topological polar surface area (TPSA) is 21.6 Å². The van der Waals surface area contributed by atoms with Crippen LogP contribution in [0.2, 0.25) is 0 Å². The third-order valence-corrected chi connectivity index (χ3v) is 2.41. The molecule has 0 unspecified atom stereocenters. The van der Waals surface area contributed by atoms with Crippen LogP contribution in [0.3, 0.4) is 0 Å². The highest BCUT2D eigenvalue weighted by molar-refractivity contribution is 5.90. The summed E-state index contributed by atoms with van der Waals surface area (Å²) >= 11 is 0. The van der Waals surface area contributed by atoms with E-state index < -0.39 is 0 Å². The van der Waals surface area contributed by atoms with Crippen LogP contribution in [0, 0.1) is 5.82 Å². The predicted molar refractivity (Wildman–Crippen MR) is 66.4 cm³/mol. The van der Waals surface area contributed by atoms with Crippen molar-refractivity contribution >= 4 is 6.21 Å². The second-order valence-corrected chi connectivity index (χ2v) is 3.51. The number of oxime groups is 1. The fourth-order valence-corrected chi connectivity index (χ4v) is 1.61. The van der Waals surface area contributed by atoms with E-state index in [-0.39, 0.29) is 5.82 Å². The van der Waals surface area contributed by atoms with Crippen LogP contribution in [0.4, 0.5) is 4.39 Å². The largest absolute Gasteiger partial charge is 0.399 e. The van der Waals surface area contributed by atoms with Gasteiger partial charge in [-0.1, -0.05) is 41.6 Å². The van der Waals surface area contributed by atoms with Gasteiger partial charge in [0.2, 0.25) is 0 Å². The molecule has 0 bridgehead atoms. The molecule has 0 saturated heterocycles. The minimum atomic E-state index is -0.239. The zero-order valence-corrected chi connectivity index (χ0v) is 9.43. The first-order valence-electron chi connectivity index (χ1n) is 5.23. The van der Waals surface area contributed by atoms with E-state index in [2.05, 4.69) is 9.99 Å². The fourth-order valence-electron chi connectivity index (χ4n) is 1.61. The van der Waals surface area contributed by atoms with Crippen molar-refractivity contribution in [1.29, 1.82) is 0 Å². The van der Waals surface area contributed by atoms with Crippen LogP contribution in [0.1, 0.15) is 5.56 Å². The van der Waals surface area contributed by atoms with Crippen molar-refractivity contribution < 1.29 is 9.23 Å². The lowest BCUT2D eigenvalue weighted by Gasteiger charge is -2.05.